The van der Waals surface area contributed by atoms with Gasteiger partial charge >= 0.3 is 6.18 Å². The quantitative estimate of drug-likeness (QED) is 0.917. The molecule has 1 amide bonds. The molecular formula is C15H19F3N4O. The summed E-state index contributed by atoms with van der Waals surface area (Å²) in [4.78, 5) is 22.0. The smallest absolute Gasteiger partial charge is 0.342 e. The number of carbonyl (C=O) groups excluding carboxylic acids is 1. The van der Waals surface area contributed by atoms with Crippen LogP contribution in [0.1, 0.15) is 31.5 Å². The van der Waals surface area contributed by atoms with Gasteiger partial charge in [-0.05, 0) is 31.9 Å². The maximum absolute atomic E-state index is 13.2. The van der Waals surface area contributed by atoms with Crippen LogP contribution in [0.15, 0.2) is 18.5 Å². The molecule has 3 heterocycles. The van der Waals surface area contributed by atoms with Gasteiger partial charge in [-0.25, -0.2) is 9.97 Å². The Hall–Kier alpha value is -1.70. The van der Waals surface area contributed by atoms with Gasteiger partial charge in [0.05, 0.1) is 5.41 Å². The van der Waals surface area contributed by atoms with Crippen LogP contribution in [0.2, 0.25) is 0 Å². The van der Waals surface area contributed by atoms with Gasteiger partial charge in [-0.3, -0.25) is 4.79 Å². The van der Waals surface area contributed by atoms with E-state index in [1.54, 1.807) is 23.4 Å². The zero-order valence-electron chi connectivity index (χ0n) is 12.6. The highest BCUT2D eigenvalue weighted by Gasteiger charge is 2.50. The highest BCUT2D eigenvalue weighted by Crippen LogP contribution is 2.39. The van der Waals surface area contributed by atoms with Crippen LogP contribution >= 0.6 is 0 Å². The van der Waals surface area contributed by atoms with Gasteiger partial charge in [0.25, 0.3) is 0 Å². The predicted molar refractivity (Wildman–Crippen MR) is 76.6 cm³/mol. The maximum Gasteiger partial charge on any atom is 0.403 e. The lowest BCUT2D eigenvalue weighted by Crippen LogP contribution is -2.57. The second kappa shape index (κ2) is 6.07. The summed E-state index contributed by atoms with van der Waals surface area (Å²) in [7, 11) is 0. The number of hydrogen-bond donors (Lipinski definition) is 1. The fourth-order valence-corrected chi connectivity index (χ4v) is 3.51. The molecule has 0 saturated carbocycles. The summed E-state index contributed by atoms with van der Waals surface area (Å²) in [5, 5.41) is 2.54. The Morgan fingerprint density at radius 2 is 2.09 bits per heavy atom. The van der Waals surface area contributed by atoms with E-state index in [-0.39, 0.29) is 25.4 Å². The minimum Gasteiger partial charge on any atom is -0.342 e. The van der Waals surface area contributed by atoms with Crippen LogP contribution in [0.4, 0.5) is 13.2 Å². The average molecular weight is 328 g/mol. The lowest BCUT2D eigenvalue weighted by Gasteiger charge is -2.42. The van der Waals surface area contributed by atoms with Gasteiger partial charge in [0.2, 0.25) is 5.91 Å². The maximum atomic E-state index is 13.2. The Labute approximate surface area is 132 Å². The first kappa shape index (κ1) is 16.2. The van der Waals surface area contributed by atoms with E-state index in [4.69, 9.17) is 0 Å². The van der Waals surface area contributed by atoms with Crippen LogP contribution in [0.3, 0.4) is 0 Å². The van der Waals surface area contributed by atoms with Crippen molar-refractivity contribution >= 4 is 5.91 Å². The van der Waals surface area contributed by atoms with Crippen molar-refractivity contribution in [1.29, 1.82) is 0 Å². The number of rotatable bonds is 3. The molecule has 2 saturated heterocycles. The highest BCUT2D eigenvalue weighted by molar-refractivity contribution is 5.78. The van der Waals surface area contributed by atoms with Crippen LogP contribution in [-0.2, 0) is 10.2 Å². The Kier molecular flexibility index (Phi) is 4.27. The molecule has 0 aliphatic carbocycles. The molecule has 1 aromatic heterocycles. The van der Waals surface area contributed by atoms with Gasteiger partial charge in [0, 0.05) is 31.9 Å². The molecule has 2 fully saturated rings. The topological polar surface area (TPSA) is 58.1 Å². The van der Waals surface area contributed by atoms with Crippen LogP contribution in [0.25, 0.3) is 0 Å². The van der Waals surface area contributed by atoms with Crippen molar-refractivity contribution in [2.24, 2.45) is 0 Å². The Morgan fingerprint density at radius 3 is 2.70 bits per heavy atom. The first-order chi connectivity index (χ1) is 10.9. The molecule has 0 aromatic carbocycles. The fourth-order valence-electron chi connectivity index (χ4n) is 3.51. The summed E-state index contributed by atoms with van der Waals surface area (Å²) in [6.07, 6.45) is 0.312. The highest BCUT2D eigenvalue weighted by atomic mass is 19.4. The van der Waals surface area contributed by atoms with Crippen LogP contribution in [0.5, 0.6) is 0 Å². The minimum atomic E-state index is -4.32. The van der Waals surface area contributed by atoms with Gasteiger partial charge in [-0.1, -0.05) is 0 Å². The number of nitrogens with zero attached hydrogens (tertiary/aromatic N) is 3. The molecule has 2 aliphatic heterocycles. The molecule has 2 aliphatic rings. The molecule has 23 heavy (non-hydrogen) atoms. The lowest BCUT2D eigenvalue weighted by molar-refractivity contribution is -0.166. The van der Waals surface area contributed by atoms with Gasteiger partial charge < -0.3 is 10.2 Å². The van der Waals surface area contributed by atoms with E-state index in [1.807, 2.05) is 0 Å². The second-order valence-corrected chi connectivity index (χ2v) is 6.27. The first-order valence-electron chi connectivity index (χ1n) is 7.76. The molecule has 2 atom stereocenters. The molecule has 2 unspecified atom stereocenters. The molecule has 1 aromatic rings. The van der Waals surface area contributed by atoms with E-state index in [1.165, 1.54) is 0 Å². The zero-order chi connectivity index (χ0) is 16.5. The van der Waals surface area contributed by atoms with Crippen molar-refractivity contribution in [3.8, 4) is 0 Å². The largest absolute Gasteiger partial charge is 0.403 e. The number of carbonyl (C=O) groups is 1. The third kappa shape index (κ3) is 3.31. The summed E-state index contributed by atoms with van der Waals surface area (Å²) in [6.45, 7) is 1.08. The molecular weight excluding hydrogens is 309 g/mol. The number of halogens is 3. The number of aromatic nitrogens is 2. The zero-order valence-corrected chi connectivity index (χ0v) is 12.6. The summed E-state index contributed by atoms with van der Waals surface area (Å²) in [5.41, 5.74) is -0.854. The number of alkyl halides is 3. The van der Waals surface area contributed by atoms with Crippen LogP contribution in [-0.4, -0.2) is 52.6 Å². The van der Waals surface area contributed by atoms with Crippen LogP contribution < -0.4 is 5.32 Å². The normalized spacial score (nSPS) is 29.1. The Balaban J connectivity index is 1.92. The van der Waals surface area contributed by atoms with Crippen LogP contribution in [0, 0.1) is 0 Å². The van der Waals surface area contributed by atoms with E-state index in [0.29, 0.717) is 25.2 Å². The average Bonchev–Trinajstić information content (AvgIpc) is 2.92. The molecule has 0 radical (unpaired) electrons. The van der Waals surface area contributed by atoms with Crippen molar-refractivity contribution in [2.75, 3.05) is 19.6 Å². The van der Waals surface area contributed by atoms with Crippen molar-refractivity contribution in [2.45, 2.75) is 43.3 Å². The lowest BCUT2D eigenvalue weighted by atomic mass is 9.74. The number of amides is 1. The molecule has 3 rings (SSSR count). The molecule has 0 spiro atoms. The summed E-state index contributed by atoms with van der Waals surface area (Å²) >= 11 is 0. The van der Waals surface area contributed by atoms with Crippen molar-refractivity contribution in [3.05, 3.63) is 24.3 Å². The SMILES string of the molecule is O=C1CCCN1CC1(c2ncccn2)CCNC(C(F)(F)F)C1. The van der Waals surface area contributed by atoms with Crippen molar-refractivity contribution in [1.82, 2.24) is 20.2 Å². The Morgan fingerprint density at radius 1 is 1.35 bits per heavy atom. The molecule has 8 heteroatoms. The van der Waals surface area contributed by atoms with E-state index in [2.05, 4.69) is 15.3 Å². The Bertz CT molecular complexity index is 566. The summed E-state index contributed by atoms with van der Waals surface area (Å²) < 4.78 is 39.6. The summed E-state index contributed by atoms with van der Waals surface area (Å²) in [6, 6.07) is 0.0401. The second-order valence-electron chi connectivity index (χ2n) is 6.27. The molecule has 0 bridgehead atoms. The van der Waals surface area contributed by atoms with Crippen molar-refractivity contribution in [3.63, 3.8) is 0 Å². The van der Waals surface area contributed by atoms with Gasteiger partial charge in [-0.15, -0.1) is 0 Å². The van der Waals surface area contributed by atoms with E-state index >= 15 is 0 Å². The number of likely N-dealkylation sites (tertiary alicyclic amines) is 1. The molecule has 126 valence electrons. The number of hydrogen-bond acceptors (Lipinski definition) is 4. The van der Waals surface area contributed by atoms with Crippen molar-refractivity contribution < 1.29 is 18.0 Å². The molecule has 1 N–H and O–H groups in total. The van der Waals surface area contributed by atoms with Gasteiger partial charge in [0.15, 0.2) is 0 Å². The minimum absolute atomic E-state index is 0.00222. The number of piperidine rings is 1. The van der Waals surface area contributed by atoms with Gasteiger partial charge in [-0.2, -0.15) is 13.2 Å². The molecule has 5 nitrogen and oxygen atoms in total. The third-order valence-corrected chi connectivity index (χ3v) is 4.69. The third-order valence-electron chi connectivity index (χ3n) is 4.69. The fraction of sp³-hybridized carbons (Fsp3) is 0.667. The first-order valence-corrected chi connectivity index (χ1v) is 7.76. The number of nitrogens with one attached hydrogen (secondary N) is 1. The monoisotopic (exact) mass is 328 g/mol. The van der Waals surface area contributed by atoms with E-state index < -0.39 is 17.6 Å². The standard InChI is InChI=1S/C15H19F3N4O/c16-15(17,18)11-9-14(4-7-19-11,13-20-5-2-6-21-13)10-22-8-1-3-12(22)23/h2,5-6,11,19H,1,3-4,7-10H2. The van der Waals surface area contributed by atoms with E-state index in [0.717, 1.165) is 6.42 Å². The van der Waals surface area contributed by atoms with Gasteiger partial charge in [0.1, 0.15) is 11.9 Å². The van der Waals surface area contributed by atoms with E-state index in [9.17, 15) is 18.0 Å². The summed E-state index contributed by atoms with van der Waals surface area (Å²) in [5.74, 6) is 0.401. The predicted octanol–water partition coefficient (Wildman–Crippen LogP) is 1.65.